The highest BCUT2D eigenvalue weighted by molar-refractivity contribution is 9.10. The van der Waals surface area contributed by atoms with Crippen molar-refractivity contribution in [3.63, 3.8) is 0 Å². The first-order valence-electron chi connectivity index (χ1n) is 6.44. The predicted octanol–water partition coefficient (Wildman–Crippen LogP) is 3.63. The van der Waals surface area contributed by atoms with E-state index in [1.54, 1.807) is 12.1 Å². The smallest absolute Gasteiger partial charge is 0.462 e. The van der Waals surface area contributed by atoms with E-state index in [1.165, 1.54) is 6.07 Å². The quantitative estimate of drug-likeness (QED) is 0.743. The number of halogens is 2. The molecule has 1 saturated heterocycles. The summed E-state index contributed by atoms with van der Waals surface area (Å²) in [6.07, 6.45) is 0. The molecule has 0 N–H and O–H groups in total. The first kappa shape index (κ1) is 14.1. The van der Waals surface area contributed by atoms with Gasteiger partial charge in [-0.25, -0.2) is 4.39 Å². The molecular formula is C14H15BBrFO3. The third-order valence-corrected chi connectivity index (χ3v) is 4.50. The highest BCUT2D eigenvalue weighted by Gasteiger charge is 2.53. The number of benzene rings is 1. The van der Waals surface area contributed by atoms with E-state index in [2.05, 4.69) is 15.9 Å². The van der Waals surface area contributed by atoms with Gasteiger partial charge in [0.15, 0.2) is 11.4 Å². The molecule has 1 aliphatic rings. The Labute approximate surface area is 125 Å². The Kier molecular flexibility index (Phi) is 3.05. The molecule has 1 fully saturated rings. The third kappa shape index (κ3) is 2.10. The Morgan fingerprint density at radius 1 is 1.05 bits per heavy atom. The summed E-state index contributed by atoms with van der Waals surface area (Å²) >= 11 is 3.27. The van der Waals surface area contributed by atoms with Crippen LogP contribution in [-0.2, 0) is 9.31 Å². The summed E-state index contributed by atoms with van der Waals surface area (Å²) in [5.74, 6) is -0.405. The molecular weight excluding hydrogens is 326 g/mol. The predicted molar refractivity (Wildman–Crippen MR) is 79.6 cm³/mol. The second-order valence-corrected chi connectivity index (χ2v) is 6.96. The number of furan rings is 1. The van der Waals surface area contributed by atoms with Crippen molar-refractivity contribution >= 4 is 39.7 Å². The van der Waals surface area contributed by atoms with Gasteiger partial charge in [0, 0.05) is 9.86 Å². The molecule has 3 nitrogen and oxygen atoms in total. The average Bonchev–Trinajstić information content (AvgIpc) is 2.78. The monoisotopic (exact) mass is 340 g/mol. The number of hydrogen-bond acceptors (Lipinski definition) is 3. The maximum Gasteiger partial charge on any atom is 0.532 e. The first-order chi connectivity index (χ1) is 9.19. The molecule has 20 heavy (non-hydrogen) atoms. The van der Waals surface area contributed by atoms with Crippen molar-refractivity contribution in [2.75, 3.05) is 0 Å². The summed E-state index contributed by atoms with van der Waals surface area (Å²) in [5.41, 5.74) is -0.195. The molecule has 1 aliphatic heterocycles. The molecule has 3 rings (SSSR count). The van der Waals surface area contributed by atoms with Crippen LogP contribution in [0, 0.1) is 5.82 Å². The second kappa shape index (κ2) is 4.32. The lowest BCUT2D eigenvalue weighted by molar-refractivity contribution is 0.00578. The van der Waals surface area contributed by atoms with Crippen LogP contribution in [0.5, 0.6) is 0 Å². The molecule has 0 aliphatic carbocycles. The summed E-state index contributed by atoms with van der Waals surface area (Å²) in [4.78, 5) is 0. The SMILES string of the molecule is CC1(C)OB(c2cc3cc(Br)cc(F)c3o2)OC1(C)C. The highest BCUT2D eigenvalue weighted by Crippen LogP contribution is 2.37. The van der Waals surface area contributed by atoms with Crippen LogP contribution in [0.1, 0.15) is 27.7 Å². The van der Waals surface area contributed by atoms with Gasteiger partial charge >= 0.3 is 7.12 Å². The van der Waals surface area contributed by atoms with Crippen molar-refractivity contribution in [3.05, 3.63) is 28.5 Å². The molecule has 0 unspecified atom stereocenters. The van der Waals surface area contributed by atoms with Crippen LogP contribution in [0.15, 0.2) is 27.1 Å². The summed E-state index contributed by atoms with van der Waals surface area (Å²) in [7, 11) is -0.620. The lowest BCUT2D eigenvalue weighted by Crippen LogP contribution is -2.41. The van der Waals surface area contributed by atoms with Gasteiger partial charge in [0.1, 0.15) is 5.66 Å². The summed E-state index contributed by atoms with van der Waals surface area (Å²) in [6.45, 7) is 7.86. The lowest BCUT2D eigenvalue weighted by Gasteiger charge is -2.32. The Bertz CT molecular complexity index is 664. The van der Waals surface area contributed by atoms with Crippen LogP contribution < -0.4 is 5.66 Å². The zero-order chi connectivity index (χ0) is 14.7. The number of fused-ring (bicyclic) bond motifs is 1. The van der Waals surface area contributed by atoms with Crippen LogP contribution >= 0.6 is 15.9 Å². The molecule has 6 heteroatoms. The minimum absolute atomic E-state index is 0.220. The van der Waals surface area contributed by atoms with E-state index < -0.39 is 24.1 Å². The summed E-state index contributed by atoms with van der Waals surface area (Å²) in [5, 5.41) is 0.682. The molecule has 1 aromatic carbocycles. The van der Waals surface area contributed by atoms with E-state index in [1.807, 2.05) is 27.7 Å². The Morgan fingerprint density at radius 3 is 2.25 bits per heavy atom. The lowest BCUT2D eigenvalue weighted by atomic mass is 9.86. The van der Waals surface area contributed by atoms with Gasteiger partial charge in [0.05, 0.1) is 11.2 Å². The zero-order valence-electron chi connectivity index (χ0n) is 11.8. The molecule has 0 radical (unpaired) electrons. The number of rotatable bonds is 1. The molecule has 0 amide bonds. The summed E-state index contributed by atoms with van der Waals surface area (Å²) < 4.78 is 31.9. The van der Waals surface area contributed by atoms with Gasteiger partial charge in [-0.15, -0.1) is 0 Å². The molecule has 0 bridgehead atoms. The summed E-state index contributed by atoms with van der Waals surface area (Å²) in [6, 6.07) is 4.93. The first-order valence-corrected chi connectivity index (χ1v) is 7.23. The molecule has 2 aromatic rings. The zero-order valence-corrected chi connectivity index (χ0v) is 13.4. The van der Waals surface area contributed by atoms with Gasteiger partial charge in [-0.3, -0.25) is 0 Å². The fourth-order valence-corrected chi connectivity index (χ4v) is 2.62. The molecule has 1 aromatic heterocycles. The maximum atomic E-state index is 13.8. The largest absolute Gasteiger partial charge is 0.532 e. The van der Waals surface area contributed by atoms with Gasteiger partial charge in [-0.05, 0) is 45.9 Å². The van der Waals surface area contributed by atoms with Crippen LogP contribution in [0.4, 0.5) is 4.39 Å². The molecule has 0 atom stereocenters. The minimum atomic E-state index is -0.620. The Morgan fingerprint density at radius 2 is 1.65 bits per heavy atom. The topological polar surface area (TPSA) is 31.6 Å². The molecule has 2 heterocycles. The standard InChI is InChI=1S/C14H15BBrFO3/c1-13(2)14(3,4)20-15(19-13)11-6-8-5-9(16)7-10(17)12(8)18-11/h5-7H,1-4H3. The van der Waals surface area contributed by atoms with Crippen LogP contribution in [0.25, 0.3) is 11.0 Å². The van der Waals surface area contributed by atoms with E-state index in [9.17, 15) is 4.39 Å². The van der Waals surface area contributed by atoms with Gasteiger partial charge in [-0.1, -0.05) is 15.9 Å². The van der Waals surface area contributed by atoms with E-state index in [-0.39, 0.29) is 5.58 Å². The van der Waals surface area contributed by atoms with Crippen molar-refractivity contribution in [1.29, 1.82) is 0 Å². The fourth-order valence-electron chi connectivity index (χ4n) is 2.17. The van der Waals surface area contributed by atoms with E-state index in [0.717, 1.165) is 0 Å². The normalized spacial score (nSPS) is 20.8. The Hall–Kier alpha value is -0.845. The van der Waals surface area contributed by atoms with E-state index in [0.29, 0.717) is 15.5 Å². The van der Waals surface area contributed by atoms with E-state index >= 15 is 0 Å². The maximum absolute atomic E-state index is 13.8. The van der Waals surface area contributed by atoms with Gasteiger partial charge in [0.25, 0.3) is 0 Å². The Balaban J connectivity index is 2.03. The fraction of sp³-hybridized carbons (Fsp3) is 0.429. The second-order valence-electron chi connectivity index (χ2n) is 6.04. The molecule has 0 saturated carbocycles. The van der Waals surface area contributed by atoms with Gasteiger partial charge < -0.3 is 13.7 Å². The average molecular weight is 341 g/mol. The number of hydrogen-bond donors (Lipinski definition) is 0. The van der Waals surface area contributed by atoms with Gasteiger partial charge in [0.2, 0.25) is 0 Å². The van der Waals surface area contributed by atoms with Crippen molar-refractivity contribution in [2.45, 2.75) is 38.9 Å². The third-order valence-electron chi connectivity index (χ3n) is 4.04. The van der Waals surface area contributed by atoms with Crippen LogP contribution in [0.3, 0.4) is 0 Å². The van der Waals surface area contributed by atoms with Crippen LogP contribution in [0.2, 0.25) is 0 Å². The molecule has 106 valence electrons. The van der Waals surface area contributed by atoms with Crippen molar-refractivity contribution in [3.8, 4) is 0 Å². The van der Waals surface area contributed by atoms with E-state index in [4.69, 9.17) is 13.7 Å². The molecule has 0 spiro atoms. The van der Waals surface area contributed by atoms with Crippen molar-refractivity contribution in [2.24, 2.45) is 0 Å². The van der Waals surface area contributed by atoms with Gasteiger partial charge in [-0.2, -0.15) is 0 Å². The highest BCUT2D eigenvalue weighted by atomic mass is 79.9. The van der Waals surface area contributed by atoms with Crippen molar-refractivity contribution < 1.29 is 18.1 Å². The van der Waals surface area contributed by atoms with Crippen molar-refractivity contribution in [1.82, 2.24) is 0 Å². The van der Waals surface area contributed by atoms with Crippen LogP contribution in [-0.4, -0.2) is 18.3 Å². The minimum Gasteiger partial charge on any atom is -0.462 e.